The van der Waals surface area contributed by atoms with E-state index in [0.29, 0.717) is 14.7 Å². The highest BCUT2D eigenvalue weighted by Gasteiger charge is 2.52. The number of likely N-dealkylation sites (N-methyl/N-ethyl adjacent to an activating group) is 3. The standard InChI is InChI=1S/C39H68N12O25/c1-46(6-21(58)49-15(9-52)26(63)32(69)27(64)16(49)10-53)36(40)43-74-24(61)4-39(73,35(72)76-45-38(42)48(3)8-23(60)51-19(13-56)30(67)34(71)31(68)20(51)14-57)5-25(62)75-44-37(41)47(2)7-22(59)50-17(11-54)28(65)33(70)29(66)18(50)12-55/h15-20,26-34,52-57,63-71,73H,4-14H2,1-3H3,(H2,40,43)(H2,41,44)(H2,42,45). The Morgan fingerprint density at radius 3 is 0.842 bits per heavy atom. The fourth-order valence-corrected chi connectivity index (χ4v) is 8.41. The van der Waals surface area contributed by atoms with Crippen molar-refractivity contribution in [2.45, 2.75) is 110 Å². The Labute approximate surface area is 430 Å². The van der Waals surface area contributed by atoms with E-state index in [1.165, 1.54) is 0 Å². The second-order valence-electron chi connectivity index (χ2n) is 17.9. The number of amides is 3. The van der Waals surface area contributed by atoms with Crippen LogP contribution in [0.2, 0.25) is 0 Å². The fraction of sp³-hybridized carbons (Fsp3) is 0.769. The molecule has 0 aromatic heterocycles. The van der Waals surface area contributed by atoms with Gasteiger partial charge in [0.1, 0.15) is 54.9 Å². The molecule has 12 atom stereocenters. The number of carbonyl (C=O) groups is 6. The quantitative estimate of drug-likeness (QED) is 0.0233. The van der Waals surface area contributed by atoms with Crippen molar-refractivity contribution in [3.63, 3.8) is 0 Å². The Hall–Kier alpha value is -6.01. The minimum absolute atomic E-state index is 0.677. The molecule has 0 radical (unpaired) electrons. The molecule has 37 heteroatoms. The number of likely N-dealkylation sites (tertiary alicyclic amines) is 3. The third-order valence-electron chi connectivity index (χ3n) is 12.8. The topological polar surface area (TPSA) is 588 Å². The number of guanidine groups is 3. The lowest BCUT2D eigenvalue weighted by Crippen LogP contribution is -2.70. The van der Waals surface area contributed by atoms with Gasteiger partial charge in [0.05, 0.1) is 108 Å². The van der Waals surface area contributed by atoms with Gasteiger partial charge in [-0.05, 0) is 15.5 Å². The molecule has 0 aliphatic carbocycles. The zero-order valence-corrected chi connectivity index (χ0v) is 41.0. The predicted molar refractivity (Wildman–Crippen MR) is 245 cm³/mol. The lowest BCUT2D eigenvalue weighted by Gasteiger charge is -2.48. The number of carbonyl (C=O) groups excluding carboxylic acids is 6. The Balaban J connectivity index is 1.85. The third-order valence-corrected chi connectivity index (χ3v) is 12.8. The van der Waals surface area contributed by atoms with Gasteiger partial charge < -0.3 is 143 Å². The summed E-state index contributed by atoms with van der Waals surface area (Å²) in [5.74, 6) is -10.9. The first-order chi connectivity index (χ1) is 35.5. The van der Waals surface area contributed by atoms with Crippen LogP contribution in [-0.4, -0.2) is 342 Å². The summed E-state index contributed by atoms with van der Waals surface area (Å²) in [5, 5.41) is 173. The van der Waals surface area contributed by atoms with Crippen LogP contribution in [0.5, 0.6) is 0 Å². The molecule has 3 amide bonds. The number of nitrogens with zero attached hydrogens (tertiary/aromatic N) is 9. The molecule has 0 saturated carbocycles. The van der Waals surface area contributed by atoms with E-state index in [1.807, 2.05) is 0 Å². The average Bonchev–Trinajstić information content (AvgIpc) is 3.38. The van der Waals surface area contributed by atoms with E-state index < -0.39 is 222 Å². The Bertz CT molecular complexity index is 1970. The van der Waals surface area contributed by atoms with Crippen molar-refractivity contribution in [1.82, 2.24) is 29.4 Å². The van der Waals surface area contributed by atoms with Crippen molar-refractivity contribution in [1.29, 1.82) is 0 Å². The van der Waals surface area contributed by atoms with Crippen molar-refractivity contribution in [2.24, 2.45) is 32.7 Å². The van der Waals surface area contributed by atoms with Crippen LogP contribution in [-0.2, 0) is 43.3 Å². The SMILES string of the molecule is CN(CC(=O)N1C(CO)C(O)C(O)C(O)C1CO)C(N)=NOC(=O)CC(O)(CC(=O)ON=C(N)N(C)CC(=O)N1C(CO)C(O)C(O)C(O)C1CO)C(=O)ON=C(N)N(C)CC(=O)N1C(CO)C(O)C(O)C(O)C1CO. The predicted octanol–water partition coefficient (Wildman–Crippen LogP) is -15.4. The van der Waals surface area contributed by atoms with Crippen LogP contribution in [0.4, 0.5) is 0 Å². The first kappa shape index (κ1) is 64.3. The van der Waals surface area contributed by atoms with Crippen molar-refractivity contribution in [2.75, 3.05) is 80.4 Å². The second kappa shape index (κ2) is 27.9. The van der Waals surface area contributed by atoms with Crippen molar-refractivity contribution >= 4 is 53.5 Å². The first-order valence-corrected chi connectivity index (χ1v) is 22.7. The van der Waals surface area contributed by atoms with Crippen LogP contribution in [0.15, 0.2) is 15.5 Å². The maximum absolute atomic E-state index is 13.5. The van der Waals surface area contributed by atoms with Gasteiger partial charge in [-0.25, -0.2) is 14.4 Å². The van der Waals surface area contributed by atoms with Gasteiger partial charge in [-0.3, -0.25) is 14.4 Å². The Morgan fingerprint density at radius 2 is 0.632 bits per heavy atom. The number of piperidine rings is 3. The Morgan fingerprint density at radius 1 is 0.421 bits per heavy atom. The molecular weight excluding hydrogens is 1040 g/mol. The van der Waals surface area contributed by atoms with Gasteiger partial charge in [-0.15, -0.1) is 0 Å². The molecule has 0 bridgehead atoms. The van der Waals surface area contributed by atoms with Crippen LogP contribution in [0.3, 0.4) is 0 Å². The molecule has 0 aromatic rings. The first-order valence-electron chi connectivity index (χ1n) is 22.7. The molecule has 0 spiro atoms. The van der Waals surface area contributed by atoms with Crippen LogP contribution in [0.25, 0.3) is 0 Å². The van der Waals surface area contributed by atoms with E-state index in [4.69, 9.17) is 22.0 Å². The molecule has 3 aliphatic rings. The third kappa shape index (κ3) is 14.5. The fourth-order valence-electron chi connectivity index (χ4n) is 8.41. The number of aliphatic hydroxyl groups excluding tert-OH is 15. The van der Waals surface area contributed by atoms with Gasteiger partial charge >= 0.3 is 17.9 Å². The number of aliphatic hydroxyl groups is 16. The molecule has 3 fully saturated rings. The monoisotopic (exact) mass is 1100 g/mol. The highest BCUT2D eigenvalue weighted by Crippen LogP contribution is 2.28. The molecule has 3 aliphatic heterocycles. The van der Waals surface area contributed by atoms with E-state index in [1.54, 1.807) is 0 Å². The van der Waals surface area contributed by atoms with Gasteiger partial charge in [0.25, 0.3) is 0 Å². The highest BCUT2D eigenvalue weighted by molar-refractivity contribution is 5.92. The molecule has 12 unspecified atom stereocenters. The number of nitrogens with two attached hydrogens (primary N) is 3. The lowest BCUT2D eigenvalue weighted by atomic mass is 9.88. The minimum atomic E-state index is -3.41. The van der Waals surface area contributed by atoms with Gasteiger partial charge in [-0.1, -0.05) is 0 Å². The largest absolute Gasteiger partial charge is 0.394 e. The summed E-state index contributed by atoms with van der Waals surface area (Å²) in [4.78, 5) is 98.2. The molecule has 37 nitrogen and oxygen atoms in total. The Kier molecular flexibility index (Phi) is 23.6. The molecule has 3 heterocycles. The zero-order chi connectivity index (χ0) is 57.8. The maximum atomic E-state index is 13.5. The molecule has 3 rings (SSSR count). The van der Waals surface area contributed by atoms with E-state index in [-0.39, 0.29) is 0 Å². The molecule has 3 saturated heterocycles. The summed E-state index contributed by atoms with van der Waals surface area (Å²) in [6.07, 6.45) is -20.1. The van der Waals surface area contributed by atoms with Crippen molar-refractivity contribution < 1.29 is 125 Å². The van der Waals surface area contributed by atoms with E-state index in [0.717, 1.165) is 35.8 Å². The molecule has 434 valence electrons. The maximum Gasteiger partial charge on any atom is 0.367 e. The number of oxime groups is 3. The summed E-state index contributed by atoms with van der Waals surface area (Å²) >= 11 is 0. The van der Waals surface area contributed by atoms with E-state index in [2.05, 4.69) is 25.1 Å². The molecule has 0 aromatic carbocycles. The average molecular weight is 1110 g/mol. The van der Waals surface area contributed by atoms with Gasteiger partial charge in [0.15, 0.2) is 5.60 Å². The molecule has 22 N–H and O–H groups in total. The zero-order valence-electron chi connectivity index (χ0n) is 41.0. The number of hydrogen-bond donors (Lipinski definition) is 19. The smallest absolute Gasteiger partial charge is 0.367 e. The summed E-state index contributed by atoms with van der Waals surface area (Å²) in [7, 11) is 3.26. The van der Waals surface area contributed by atoms with Gasteiger partial charge in [0, 0.05) is 21.1 Å². The molecular formula is C39H68N12O25. The van der Waals surface area contributed by atoms with E-state index >= 15 is 0 Å². The van der Waals surface area contributed by atoms with Crippen LogP contribution in [0, 0.1) is 0 Å². The summed E-state index contributed by atoms with van der Waals surface area (Å²) in [6.45, 7) is -8.16. The van der Waals surface area contributed by atoms with Crippen LogP contribution < -0.4 is 17.2 Å². The highest BCUT2D eigenvalue weighted by atomic mass is 16.7. The summed E-state index contributed by atoms with van der Waals surface area (Å²) < 4.78 is 0. The number of hydrogen-bond acceptors (Lipinski definition) is 28. The normalized spacial score (nSPS) is 31.2. The minimum Gasteiger partial charge on any atom is -0.394 e. The van der Waals surface area contributed by atoms with Crippen molar-refractivity contribution in [3.8, 4) is 0 Å². The van der Waals surface area contributed by atoms with Gasteiger partial charge in [0.2, 0.25) is 35.6 Å². The number of rotatable bonds is 20. The molecule has 76 heavy (non-hydrogen) atoms. The second-order valence-corrected chi connectivity index (χ2v) is 17.9. The van der Waals surface area contributed by atoms with Crippen molar-refractivity contribution in [3.05, 3.63) is 0 Å². The summed E-state index contributed by atoms with van der Waals surface area (Å²) in [5.41, 5.74) is 14.1. The van der Waals surface area contributed by atoms with Crippen LogP contribution in [0.1, 0.15) is 12.8 Å². The van der Waals surface area contributed by atoms with Crippen LogP contribution >= 0.6 is 0 Å². The van der Waals surface area contributed by atoms with E-state index in [9.17, 15) is 110 Å². The summed E-state index contributed by atoms with van der Waals surface area (Å²) in [6, 6.07) is -9.21. The lowest BCUT2D eigenvalue weighted by molar-refractivity contribution is -0.188. The van der Waals surface area contributed by atoms with Gasteiger partial charge in [-0.2, -0.15) is 0 Å².